The summed E-state index contributed by atoms with van der Waals surface area (Å²) < 4.78 is 5.30. The van der Waals surface area contributed by atoms with Gasteiger partial charge >= 0.3 is 0 Å². The monoisotopic (exact) mass is 245 g/mol. The van der Waals surface area contributed by atoms with Crippen LogP contribution in [0.25, 0.3) is 11.1 Å². The Kier molecular flexibility index (Phi) is 3.19. The van der Waals surface area contributed by atoms with Crippen LogP contribution in [0.1, 0.15) is 25.7 Å². The van der Waals surface area contributed by atoms with Crippen LogP contribution < -0.4 is 11.1 Å². The van der Waals surface area contributed by atoms with Gasteiger partial charge in [0.05, 0.1) is 0 Å². The lowest BCUT2D eigenvalue weighted by Crippen LogP contribution is -2.29. The molecule has 4 heteroatoms. The van der Waals surface area contributed by atoms with Crippen molar-refractivity contribution in [2.24, 2.45) is 11.7 Å². The van der Waals surface area contributed by atoms with Gasteiger partial charge in [-0.25, -0.2) is 4.98 Å². The summed E-state index contributed by atoms with van der Waals surface area (Å²) in [5, 5.41) is 3.48. The number of nitrogens with two attached hydrogens (primary N) is 1. The van der Waals surface area contributed by atoms with Gasteiger partial charge in [-0.3, -0.25) is 0 Å². The van der Waals surface area contributed by atoms with E-state index in [4.69, 9.17) is 10.2 Å². The van der Waals surface area contributed by atoms with Crippen LogP contribution in [0, 0.1) is 5.92 Å². The summed E-state index contributed by atoms with van der Waals surface area (Å²) in [5.41, 5.74) is 8.77. The number of hydrogen-bond donors (Lipinski definition) is 2. The highest BCUT2D eigenvalue weighted by Crippen LogP contribution is 2.24. The Balaban J connectivity index is 1.59. The number of aromatic nitrogens is 1. The lowest BCUT2D eigenvalue weighted by molar-refractivity contribution is 0.339. The van der Waals surface area contributed by atoms with Gasteiger partial charge in [-0.15, -0.1) is 0 Å². The minimum atomic E-state index is 0.423. The first-order chi connectivity index (χ1) is 8.81. The van der Waals surface area contributed by atoms with Crippen molar-refractivity contribution in [1.29, 1.82) is 0 Å². The molecule has 0 aliphatic heterocycles. The van der Waals surface area contributed by atoms with Crippen molar-refractivity contribution in [3.05, 3.63) is 24.6 Å². The maximum atomic E-state index is 5.91. The lowest BCUT2D eigenvalue weighted by Gasteiger charge is -2.26. The quantitative estimate of drug-likeness (QED) is 0.872. The van der Waals surface area contributed by atoms with Gasteiger partial charge < -0.3 is 15.5 Å². The predicted octanol–water partition coefficient (Wildman–Crippen LogP) is 2.76. The normalized spacial score (nSPS) is 24.3. The van der Waals surface area contributed by atoms with Gasteiger partial charge in [0.25, 0.3) is 0 Å². The third-order valence-electron chi connectivity index (χ3n) is 3.82. The fraction of sp³-hybridized carbons (Fsp3) is 0.500. The summed E-state index contributed by atoms with van der Waals surface area (Å²) >= 11 is 0. The van der Waals surface area contributed by atoms with E-state index in [-0.39, 0.29) is 0 Å². The minimum Gasteiger partial charge on any atom is -0.443 e. The third-order valence-corrected chi connectivity index (χ3v) is 3.82. The molecule has 96 valence electrons. The highest BCUT2D eigenvalue weighted by molar-refractivity contribution is 5.76. The standard InChI is InChI=1S/C14H19N3O/c15-11-3-1-10(2-4-11)8-16-12-5-6-13-14(7-12)18-9-17-13/h5-7,9-11,16H,1-4,8,15H2. The summed E-state index contributed by atoms with van der Waals surface area (Å²) in [7, 11) is 0. The SMILES string of the molecule is NC1CCC(CNc2ccc3ncoc3c2)CC1. The molecule has 0 spiro atoms. The molecule has 1 aromatic carbocycles. The van der Waals surface area contributed by atoms with E-state index in [1.807, 2.05) is 12.1 Å². The first-order valence-corrected chi connectivity index (χ1v) is 6.64. The Hall–Kier alpha value is -1.55. The molecule has 1 heterocycles. The molecule has 2 aromatic rings. The van der Waals surface area contributed by atoms with Gasteiger partial charge in [0.15, 0.2) is 12.0 Å². The number of rotatable bonds is 3. The van der Waals surface area contributed by atoms with Crippen LogP contribution in [0.3, 0.4) is 0 Å². The zero-order chi connectivity index (χ0) is 12.4. The van der Waals surface area contributed by atoms with Crippen molar-refractivity contribution in [2.75, 3.05) is 11.9 Å². The summed E-state index contributed by atoms with van der Waals surface area (Å²) in [6.07, 6.45) is 6.27. The number of oxazole rings is 1. The molecule has 0 bridgehead atoms. The Morgan fingerprint density at radius 1 is 1.28 bits per heavy atom. The van der Waals surface area contributed by atoms with Crippen molar-refractivity contribution in [3.8, 4) is 0 Å². The Morgan fingerprint density at radius 2 is 2.11 bits per heavy atom. The highest BCUT2D eigenvalue weighted by atomic mass is 16.3. The molecule has 3 N–H and O–H groups in total. The second kappa shape index (κ2) is 4.98. The van der Waals surface area contributed by atoms with Crippen LogP contribution in [0.5, 0.6) is 0 Å². The maximum Gasteiger partial charge on any atom is 0.181 e. The van der Waals surface area contributed by atoms with E-state index in [2.05, 4.69) is 16.4 Å². The zero-order valence-electron chi connectivity index (χ0n) is 10.4. The van der Waals surface area contributed by atoms with E-state index >= 15 is 0 Å². The molecule has 0 atom stereocenters. The van der Waals surface area contributed by atoms with Crippen molar-refractivity contribution in [3.63, 3.8) is 0 Å². The number of fused-ring (bicyclic) bond motifs is 1. The lowest BCUT2D eigenvalue weighted by atomic mass is 9.86. The predicted molar refractivity (Wildman–Crippen MR) is 72.4 cm³/mol. The van der Waals surface area contributed by atoms with Crippen molar-refractivity contribution in [2.45, 2.75) is 31.7 Å². The van der Waals surface area contributed by atoms with Crippen LogP contribution in [-0.2, 0) is 0 Å². The second-order valence-corrected chi connectivity index (χ2v) is 5.20. The van der Waals surface area contributed by atoms with Gasteiger partial charge in [0, 0.05) is 24.3 Å². The number of benzene rings is 1. The maximum absolute atomic E-state index is 5.91. The summed E-state index contributed by atoms with van der Waals surface area (Å²) in [6.45, 7) is 1.02. The van der Waals surface area contributed by atoms with Crippen molar-refractivity contribution >= 4 is 16.8 Å². The Labute approximate surface area is 107 Å². The average molecular weight is 245 g/mol. The fourth-order valence-electron chi connectivity index (χ4n) is 2.62. The number of nitrogens with zero attached hydrogens (tertiary/aromatic N) is 1. The molecule has 0 unspecified atom stereocenters. The van der Waals surface area contributed by atoms with Crippen LogP contribution >= 0.6 is 0 Å². The van der Waals surface area contributed by atoms with Crippen LogP contribution in [0.2, 0.25) is 0 Å². The molecular weight excluding hydrogens is 226 g/mol. The molecule has 0 amide bonds. The number of hydrogen-bond acceptors (Lipinski definition) is 4. The van der Waals surface area contributed by atoms with Gasteiger partial charge in [0.2, 0.25) is 0 Å². The molecule has 1 aliphatic rings. The summed E-state index contributed by atoms with van der Waals surface area (Å²) in [6, 6.07) is 6.47. The molecule has 1 fully saturated rings. The van der Waals surface area contributed by atoms with Gasteiger partial charge in [-0.05, 0) is 43.7 Å². The molecule has 18 heavy (non-hydrogen) atoms. The molecule has 0 radical (unpaired) electrons. The van der Waals surface area contributed by atoms with Gasteiger partial charge in [0.1, 0.15) is 5.52 Å². The highest BCUT2D eigenvalue weighted by Gasteiger charge is 2.18. The molecule has 1 saturated carbocycles. The zero-order valence-corrected chi connectivity index (χ0v) is 10.4. The van der Waals surface area contributed by atoms with Crippen LogP contribution in [0.4, 0.5) is 5.69 Å². The summed E-state index contributed by atoms with van der Waals surface area (Å²) in [4.78, 5) is 4.11. The minimum absolute atomic E-state index is 0.423. The van der Waals surface area contributed by atoms with Crippen molar-refractivity contribution in [1.82, 2.24) is 4.98 Å². The molecule has 0 saturated heterocycles. The van der Waals surface area contributed by atoms with E-state index in [1.54, 1.807) is 0 Å². The molecule has 1 aliphatic carbocycles. The van der Waals surface area contributed by atoms with E-state index < -0.39 is 0 Å². The van der Waals surface area contributed by atoms with E-state index in [9.17, 15) is 0 Å². The molecule has 3 rings (SSSR count). The Morgan fingerprint density at radius 3 is 2.94 bits per heavy atom. The van der Waals surface area contributed by atoms with E-state index in [0.29, 0.717) is 6.04 Å². The third kappa shape index (κ3) is 2.48. The first kappa shape index (κ1) is 11.5. The first-order valence-electron chi connectivity index (χ1n) is 6.64. The largest absolute Gasteiger partial charge is 0.443 e. The molecule has 4 nitrogen and oxygen atoms in total. The van der Waals surface area contributed by atoms with E-state index in [0.717, 1.165) is 42.1 Å². The van der Waals surface area contributed by atoms with Crippen LogP contribution in [0.15, 0.2) is 29.0 Å². The fourth-order valence-corrected chi connectivity index (χ4v) is 2.62. The van der Waals surface area contributed by atoms with Crippen molar-refractivity contribution < 1.29 is 4.42 Å². The second-order valence-electron chi connectivity index (χ2n) is 5.20. The topological polar surface area (TPSA) is 64.1 Å². The number of anilines is 1. The summed E-state index contributed by atoms with van der Waals surface area (Å²) in [5.74, 6) is 0.746. The Bertz CT molecular complexity index is 514. The van der Waals surface area contributed by atoms with Gasteiger partial charge in [-0.2, -0.15) is 0 Å². The molecule has 1 aromatic heterocycles. The smallest absolute Gasteiger partial charge is 0.181 e. The average Bonchev–Trinajstić information content (AvgIpc) is 2.85. The van der Waals surface area contributed by atoms with E-state index in [1.165, 1.54) is 19.2 Å². The van der Waals surface area contributed by atoms with Crippen LogP contribution in [-0.4, -0.2) is 17.6 Å². The molecular formula is C14H19N3O. The number of nitrogens with one attached hydrogen (secondary N) is 1. The van der Waals surface area contributed by atoms with Gasteiger partial charge in [-0.1, -0.05) is 0 Å².